The normalized spacial score (nSPS) is 12.9. The first kappa shape index (κ1) is 94.0. The monoisotopic (exact) mass is 1360 g/mol. The maximum absolute atomic E-state index is 13.0. The highest BCUT2D eigenvalue weighted by molar-refractivity contribution is 5.70. The van der Waals surface area contributed by atoms with Crippen molar-refractivity contribution < 1.29 is 42.9 Å². The lowest BCUT2D eigenvalue weighted by atomic mass is 10.0. The Morgan fingerprint density at radius 1 is 0.320 bits per heavy atom. The fourth-order valence-corrected chi connectivity index (χ4v) is 12.9. The molecule has 0 aromatic heterocycles. The molecule has 0 spiro atoms. The van der Waals surface area contributed by atoms with E-state index in [1.807, 2.05) is 21.1 Å². The van der Waals surface area contributed by atoms with Crippen molar-refractivity contribution in [2.24, 2.45) is 0 Å². The molecule has 0 saturated heterocycles. The Morgan fingerprint density at radius 3 is 0.876 bits per heavy atom. The molecule has 0 heterocycles. The van der Waals surface area contributed by atoms with Gasteiger partial charge in [-0.25, -0.2) is 0 Å². The van der Waals surface area contributed by atoms with Crippen LogP contribution in [0.3, 0.4) is 0 Å². The molecule has 0 fully saturated rings. The van der Waals surface area contributed by atoms with Gasteiger partial charge in [0.15, 0.2) is 12.4 Å². The number of nitrogens with zero attached hydrogens (tertiary/aromatic N) is 1. The molecular formula is C88H163NO8. The molecule has 0 rings (SSSR count). The molecule has 0 radical (unpaired) electrons. The molecule has 97 heavy (non-hydrogen) atoms. The van der Waals surface area contributed by atoms with E-state index in [2.05, 4.69) is 74.6 Å². The molecule has 0 N–H and O–H groups in total. The molecule has 0 aliphatic heterocycles. The third-order valence-corrected chi connectivity index (χ3v) is 19.3. The van der Waals surface area contributed by atoms with Crippen molar-refractivity contribution in [2.75, 3.05) is 47.5 Å². The number of aliphatic carboxylic acids is 1. The number of quaternary nitrogens is 1. The average molecular weight is 1360 g/mol. The lowest BCUT2D eigenvalue weighted by Gasteiger charge is -2.26. The maximum atomic E-state index is 13.0. The van der Waals surface area contributed by atoms with Gasteiger partial charge < -0.3 is 33.3 Å². The number of likely N-dealkylation sites (N-methyl/N-ethyl adjacent to an activating group) is 1. The summed E-state index contributed by atoms with van der Waals surface area (Å²) in [5, 5.41) is 11.9. The van der Waals surface area contributed by atoms with E-state index in [9.17, 15) is 19.5 Å². The zero-order valence-corrected chi connectivity index (χ0v) is 65.2. The molecule has 0 aliphatic rings. The van der Waals surface area contributed by atoms with E-state index in [1.165, 1.54) is 327 Å². The van der Waals surface area contributed by atoms with Crippen LogP contribution < -0.4 is 5.11 Å². The van der Waals surface area contributed by atoms with Crippen LogP contribution in [0.1, 0.15) is 425 Å². The van der Waals surface area contributed by atoms with E-state index in [1.54, 1.807) is 0 Å². The highest BCUT2D eigenvalue weighted by Crippen LogP contribution is 2.20. The van der Waals surface area contributed by atoms with Crippen LogP contribution in [-0.4, -0.2) is 82.3 Å². The van der Waals surface area contributed by atoms with Crippen LogP contribution >= 0.6 is 0 Å². The largest absolute Gasteiger partial charge is 0.545 e. The fraction of sp³-hybridized carbons (Fsp3) is 0.852. The van der Waals surface area contributed by atoms with Crippen LogP contribution in [0.5, 0.6) is 0 Å². The number of carboxylic acids is 1. The van der Waals surface area contributed by atoms with Crippen LogP contribution in [0, 0.1) is 0 Å². The quantitative estimate of drug-likeness (QED) is 0.0195. The zero-order valence-electron chi connectivity index (χ0n) is 65.2. The van der Waals surface area contributed by atoms with Crippen LogP contribution in [0.25, 0.3) is 0 Å². The van der Waals surface area contributed by atoms with Gasteiger partial charge in [-0.3, -0.25) is 9.59 Å². The summed E-state index contributed by atoms with van der Waals surface area (Å²) in [7, 11) is 5.95. The Kier molecular flexibility index (Phi) is 76.3. The number of ether oxygens (including phenoxy) is 4. The molecule has 9 heteroatoms. The van der Waals surface area contributed by atoms with Gasteiger partial charge >= 0.3 is 11.9 Å². The number of carbonyl (C=O) groups excluding carboxylic acids is 3. The highest BCUT2D eigenvalue weighted by atomic mass is 16.7. The van der Waals surface area contributed by atoms with E-state index in [0.29, 0.717) is 23.9 Å². The standard InChI is InChI=1S/C88H163NO8/c1-6-8-10-12-14-16-18-20-22-24-26-28-30-32-34-36-38-39-40-41-42-43-44-45-46-47-49-50-52-54-56-58-60-62-64-66-68-70-72-74-76-78-85(90)95-82-84(83-96-88(87(92)93)94-81-80-89(3,4)5)97-86(91)79-77-75-73-71-69-67-65-63-61-59-57-55-53-51-48-37-35-33-31-29-27-25-23-21-19-17-15-13-11-9-7-2/h9,11,15,17,21,23,27,29,33,35,84,88H,6-8,10,12-14,16,18-20,22,24-26,28,30-32,34,36-83H2,1-5H3/b11-9-,17-15-,23-21-,29-27-,35-33-. The highest BCUT2D eigenvalue weighted by Gasteiger charge is 2.22. The van der Waals surface area contributed by atoms with Gasteiger partial charge in [-0.15, -0.1) is 0 Å². The Bertz CT molecular complexity index is 1780. The van der Waals surface area contributed by atoms with Crippen molar-refractivity contribution in [2.45, 2.75) is 437 Å². The molecule has 2 atom stereocenters. The van der Waals surface area contributed by atoms with Crippen LogP contribution in [0.15, 0.2) is 60.8 Å². The van der Waals surface area contributed by atoms with E-state index in [0.717, 1.165) is 64.2 Å². The zero-order chi connectivity index (χ0) is 70.4. The van der Waals surface area contributed by atoms with Gasteiger partial charge in [0.05, 0.1) is 40.3 Å². The summed E-state index contributed by atoms with van der Waals surface area (Å²) in [6.07, 6.45) is 102. The topological polar surface area (TPSA) is 111 Å². The molecule has 0 saturated carbocycles. The minimum absolute atomic E-state index is 0.149. The van der Waals surface area contributed by atoms with Gasteiger partial charge in [-0.1, -0.05) is 415 Å². The second-order valence-electron chi connectivity index (χ2n) is 30.1. The van der Waals surface area contributed by atoms with Crippen molar-refractivity contribution in [3.8, 4) is 0 Å². The van der Waals surface area contributed by atoms with E-state index < -0.39 is 24.3 Å². The average Bonchev–Trinajstić information content (AvgIpc) is 2.39. The summed E-state index contributed by atoms with van der Waals surface area (Å²) in [5.74, 6) is -2.26. The summed E-state index contributed by atoms with van der Waals surface area (Å²) in [5.41, 5.74) is 0. The maximum Gasteiger partial charge on any atom is 0.306 e. The molecule has 0 bridgehead atoms. The van der Waals surface area contributed by atoms with Crippen molar-refractivity contribution in [1.82, 2.24) is 0 Å². The Hall–Kier alpha value is -3.01. The molecule has 0 aromatic carbocycles. The lowest BCUT2D eigenvalue weighted by molar-refractivity contribution is -0.870. The Balaban J connectivity index is 3.92. The number of esters is 2. The van der Waals surface area contributed by atoms with Gasteiger partial charge in [0.2, 0.25) is 0 Å². The Morgan fingerprint density at radius 2 is 0.588 bits per heavy atom. The molecule has 0 aliphatic carbocycles. The molecular weight excluding hydrogens is 1200 g/mol. The smallest absolute Gasteiger partial charge is 0.306 e. The van der Waals surface area contributed by atoms with Crippen LogP contribution in [0.4, 0.5) is 0 Å². The van der Waals surface area contributed by atoms with Crippen molar-refractivity contribution in [3.05, 3.63) is 60.8 Å². The predicted octanol–water partition coefficient (Wildman–Crippen LogP) is 26.0. The van der Waals surface area contributed by atoms with Gasteiger partial charge in [0, 0.05) is 12.8 Å². The molecule has 0 aromatic rings. The summed E-state index contributed by atoms with van der Waals surface area (Å²) in [6.45, 7) is 4.71. The number of carbonyl (C=O) groups is 3. The van der Waals surface area contributed by atoms with Gasteiger partial charge in [-0.05, 0) is 57.8 Å². The van der Waals surface area contributed by atoms with Crippen molar-refractivity contribution >= 4 is 17.9 Å². The van der Waals surface area contributed by atoms with Crippen molar-refractivity contribution in [3.63, 3.8) is 0 Å². The fourth-order valence-electron chi connectivity index (χ4n) is 12.9. The molecule has 9 nitrogen and oxygen atoms in total. The molecule has 2 unspecified atom stereocenters. The number of hydrogen-bond donors (Lipinski definition) is 0. The summed E-state index contributed by atoms with van der Waals surface area (Å²) in [4.78, 5) is 37.6. The lowest BCUT2D eigenvalue weighted by Crippen LogP contribution is -2.44. The minimum atomic E-state index is -1.62. The van der Waals surface area contributed by atoms with E-state index in [4.69, 9.17) is 18.9 Å². The van der Waals surface area contributed by atoms with E-state index in [-0.39, 0.29) is 32.2 Å². The summed E-state index contributed by atoms with van der Waals surface area (Å²) < 4.78 is 22.9. The van der Waals surface area contributed by atoms with Gasteiger partial charge in [0.25, 0.3) is 0 Å². The SMILES string of the molecule is CC/C=C\C/C=C\C/C=C\C/C=C\C/C=C\CCCCCCCCCCCCCCCCCC(=O)OC(COC(=O)CCCCCCCCCCCCCCCCCCCCCCCCCCCCCCCCCCCCCCCCCCC)COC(OCC[N+](C)(C)C)C(=O)[O-]. The Labute approximate surface area is 603 Å². The van der Waals surface area contributed by atoms with Gasteiger partial charge in [0.1, 0.15) is 13.2 Å². The van der Waals surface area contributed by atoms with Crippen LogP contribution in [-0.2, 0) is 33.3 Å². The van der Waals surface area contributed by atoms with E-state index >= 15 is 0 Å². The minimum Gasteiger partial charge on any atom is -0.545 e. The molecule has 0 amide bonds. The summed E-state index contributed by atoms with van der Waals surface area (Å²) in [6, 6.07) is 0. The van der Waals surface area contributed by atoms with Crippen LogP contribution in [0.2, 0.25) is 0 Å². The summed E-state index contributed by atoms with van der Waals surface area (Å²) >= 11 is 0. The van der Waals surface area contributed by atoms with Crippen molar-refractivity contribution in [1.29, 1.82) is 0 Å². The first-order valence-electron chi connectivity index (χ1n) is 42.4. The number of unbranched alkanes of at least 4 members (excludes halogenated alkanes) is 55. The predicted molar refractivity (Wildman–Crippen MR) is 417 cm³/mol. The number of carboxylic acid groups (broad SMARTS) is 1. The van der Waals surface area contributed by atoms with Gasteiger partial charge in [-0.2, -0.15) is 0 Å². The third-order valence-electron chi connectivity index (χ3n) is 19.3. The second kappa shape index (κ2) is 78.7. The third kappa shape index (κ3) is 80.2. The first-order valence-corrected chi connectivity index (χ1v) is 42.4. The molecule has 568 valence electrons. The number of hydrogen-bond acceptors (Lipinski definition) is 8. The number of allylic oxidation sites excluding steroid dienone is 10. The number of rotatable bonds is 80. The first-order chi connectivity index (χ1) is 47.6. The second-order valence-corrected chi connectivity index (χ2v) is 30.1.